The van der Waals surface area contributed by atoms with Gasteiger partial charge < -0.3 is 10.1 Å². The summed E-state index contributed by atoms with van der Waals surface area (Å²) < 4.78 is 5.92. The smallest absolute Gasteiger partial charge is 0.244 e. The first-order valence-corrected chi connectivity index (χ1v) is 10.0. The lowest BCUT2D eigenvalue weighted by molar-refractivity contribution is -0.142. The maximum absolute atomic E-state index is 12.6. The van der Waals surface area contributed by atoms with Crippen molar-refractivity contribution in [2.45, 2.75) is 32.6 Å². The number of aryl methyl sites for hydroxylation is 1. The summed E-state index contributed by atoms with van der Waals surface area (Å²) in [5.74, 6) is -0.161. The highest BCUT2D eigenvalue weighted by atomic mass is 16.5. The van der Waals surface area contributed by atoms with Crippen LogP contribution >= 0.6 is 0 Å². The molecule has 1 saturated carbocycles. The van der Waals surface area contributed by atoms with Gasteiger partial charge in [0.25, 0.3) is 0 Å². The number of benzene rings is 2. The minimum absolute atomic E-state index is 0.209. The molecule has 0 aromatic heterocycles. The van der Waals surface area contributed by atoms with E-state index in [2.05, 4.69) is 5.32 Å². The summed E-state index contributed by atoms with van der Waals surface area (Å²) in [6.07, 6.45) is 3.40. The monoisotopic (exact) mass is 392 g/mol. The number of hydrogen-bond acceptors (Lipinski definition) is 4. The molecule has 2 aromatic carbocycles. The Labute approximate surface area is 169 Å². The third-order valence-electron chi connectivity index (χ3n) is 5.61. The molecule has 4 rings (SSSR count). The molecule has 29 heavy (non-hydrogen) atoms. The molecule has 1 N–H and O–H groups in total. The lowest BCUT2D eigenvalue weighted by atomic mass is 9.81. The van der Waals surface area contributed by atoms with Crippen molar-refractivity contribution < 1.29 is 19.1 Å². The number of nitrogens with zero attached hydrogens (tertiary/aromatic N) is 1. The quantitative estimate of drug-likeness (QED) is 0.783. The number of carbonyl (C=O) groups excluding carboxylic acids is 3. The van der Waals surface area contributed by atoms with Gasteiger partial charge in [0.2, 0.25) is 17.7 Å². The second-order valence-corrected chi connectivity index (χ2v) is 7.72. The predicted octanol–water partition coefficient (Wildman–Crippen LogP) is 3.90. The van der Waals surface area contributed by atoms with Gasteiger partial charge in [-0.3, -0.25) is 19.3 Å². The van der Waals surface area contributed by atoms with Crippen LogP contribution in [0.4, 0.5) is 5.69 Å². The van der Waals surface area contributed by atoms with E-state index in [1.54, 1.807) is 18.2 Å². The van der Waals surface area contributed by atoms with Gasteiger partial charge in [-0.2, -0.15) is 0 Å². The largest absolute Gasteiger partial charge is 0.455 e. The SMILES string of the molecule is Cc1cccc(Oc2ccccc2NC(=O)CN2C(=O)C3CCCCC3C2=O)c1. The molecule has 0 radical (unpaired) electrons. The fourth-order valence-electron chi connectivity index (χ4n) is 4.18. The summed E-state index contributed by atoms with van der Waals surface area (Å²) in [5.41, 5.74) is 1.56. The van der Waals surface area contributed by atoms with E-state index in [9.17, 15) is 14.4 Å². The first-order chi connectivity index (χ1) is 14.0. The van der Waals surface area contributed by atoms with Crippen LogP contribution in [0.15, 0.2) is 48.5 Å². The molecule has 3 amide bonds. The number of ether oxygens (including phenoxy) is 1. The van der Waals surface area contributed by atoms with E-state index in [0.717, 1.165) is 36.1 Å². The van der Waals surface area contributed by atoms with Crippen LogP contribution in [-0.4, -0.2) is 29.2 Å². The Hall–Kier alpha value is -3.15. The van der Waals surface area contributed by atoms with Crippen LogP contribution in [-0.2, 0) is 14.4 Å². The number of amides is 3. The fraction of sp³-hybridized carbons (Fsp3) is 0.348. The van der Waals surface area contributed by atoms with E-state index in [-0.39, 0.29) is 30.2 Å². The van der Waals surface area contributed by atoms with Crippen molar-refractivity contribution in [3.05, 3.63) is 54.1 Å². The molecule has 2 unspecified atom stereocenters. The molecule has 2 aliphatic rings. The summed E-state index contributed by atoms with van der Waals surface area (Å²) in [7, 11) is 0. The highest BCUT2D eigenvalue weighted by molar-refractivity contribution is 6.08. The molecule has 150 valence electrons. The molecular weight excluding hydrogens is 368 g/mol. The lowest BCUT2D eigenvalue weighted by Crippen LogP contribution is -2.38. The van der Waals surface area contributed by atoms with Crippen LogP contribution in [0.2, 0.25) is 0 Å². The fourth-order valence-corrected chi connectivity index (χ4v) is 4.18. The molecule has 2 fully saturated rings. The van der Waals surface area contributed by atoms with Gasteiger partial charge in [-0.25, -0.2) is 0 Å². The van der Waals surface area contributed by atoms with Crippen molar-refractivity contribution >= 4 is 23.4 Å². The Balaban J connectivity index is 1.45. The van der Waals surface area contributed by atoms with Crippen molar-refractivity contribution in [1.82, 2.24) is 4.90 Å². The normalized spacial score (nSPS) is 21.1. The molecular formula is C23H24N2O4. The van der Waals surface area contributed by atoms with Gasteiger partial charge in [0.05, 0.1) is 17.5 Å². The second-order valence-electron chi connectivity index (χ2n) is 7.72. The second kappa shape index (κ2) is 8.07. The summed E-state index contributed by atoms with van der Waals surface area (Å²) in [4.78, 5) is 38.9. The minimum Gasteiger partial charge on any atom is -0.455 e. The van der Waals surface area contributed by atoms with Crippen molar-refractivity contribution in [2.75, 3.05) is 11.9 Å². The Bertz CT molecular complexity index is 931. The number of nitrogens with one attached hydrogen (secondary N) is 1. The Morgan fingerprint density at radius 2 is 1.72 bits per heavy atom. The maximum atomic E-state index is 12.6. The molecule has 6 heteroatoms. The number of para-hydroxylation sites is 2. The zero-order valence-electron chi connectivity index (χ0n) is 16.4. The van der Waals surface area contributed by atoms with Gasteiger partial charge >= 0.3 is 0 Å². The average Bonchev–Trinajstić information content (AvgIpc) is 2.95. The molecule has 0 spiro atoms. The van der Waals surface area contributed by atoms with E-state index < -0.39 is 5.91 Å². The molecule has 2 aromatic rings. The third kappa shape index (κ3) is 4.01. The van der Waals surface area contributed by atoms with Gasteiger partial charge in [0.1, 0.15) is 12.3 Å². The number of carbonyl (C=O) groups is 3. The first kappa shape index (κ1) is 19.2. The van der Waals surface area contributed by atoms with Crippen LogP contribution < -0.4 is 10.1 Å². The van der Waals surface area contributed by atoms with Gasteiger partial charge in [-0.15, -0.1) is 0 Å². The molecule has 1 heterocycles. The number of hydrogen-bond donors (Lipinski definition) is 1. The molecule has 1 aliphatic heterocycles. The van der Waals surface area contributed by atoms with Gasteiger partial charge in [-0.05, 0) is 49.6 Å². The Kier molecular flexibility index (Phi) is 5.34. The Morgan fingerprint density at radius 3 is 2.41 bits per heavy atom. The topological polar surface area (TPSA) is 75.7 Å². The van der Waals surface area contributed by atoms with E-state index >= 15 is 0 Å². The highest BCUT2D eigenvalue weighted by Gasteiger charge is 2.48. The summed E-state index contributed by atoms with van der Waals surface area (Å²) in [6, 6.07) is 14.7. The lowest BCUT2D eigenvalue weighted by Gasteiger charge is -2.19. The summed E-state index contributed by atoms with van der Waals surface area (Å²) in [5, 5.41) is 2.78. The number of imide groups is 1. The van der Waals surface area contributed by atoms with Crippen LogP contribution in [0, 0.1) is 18.8 Å². The number of likely N-dealkylation sites (tertiary alicyclic amines) is 1. The number of fused-ring (bicyclic) bond motifs is 1. The standard InChI is InChI=1S/C23H24N2O4/c1-15-7-6-8-16(13-15)29-20-12-5-4-11-19(20)24-21(26)14-25-22(27)17-9-2-3-10-18(17)23(25)28/h4-8,11-13,17-18H,2-3,9-10,14H2,1H3,(H,24,26). The molecule has 1 aliphatic carbocycles. The highest BCUT2D eigenvalue weighted by Crippen LogP contribution is 2.38. The number of anilines is 1. The maximum Gasteiger partial charge on any atom is 0.244 e. The summed E-state index contributed by atoms with van der Waals surface area (Å²) in [6.45, 7) is 1.71. The zero-order valence-corrected chi connectivity index (χ0v) is 16.4. The van der Waals surface area contributed by atoms with Crippen LogP contribution in [0.25, 0.3) is 0 Å². The van der Waals surface area contributed by atoms with Crippen LogP contribution in [0.1, 0.15) is 31.2 Å². The van der Waals surface area contributed by atoms with E-state index in [0.29, 0.717) is 17.2 Å². The van der Waals surface area contributed by atoms with Gasteiger partial charge in [0, 0.05) is 0 Å². The minimum atomic E-state index is -0.411. The number of rotatable bonds is 5. The predicted molar refractivity (Wildman–Crippen MR) is 108 cm³/mol. The van der Waals surface area contributed by atoms with Gasteiger partial charge in [-0.1, -0.05) is 37.1 Å². The molecule has 1 saturated heterocycles. The van der Waals surface area contributed by atoms with Crippen molar-refractivity contribution in [1.29, 1.82) is 0 Å². The molecule has 6 nitrogen and oxygen atoms in total. The van der Waals surface area contributed by atoms with Gasteiger partial charge in [0.15, 0.2) is 5.75 Å². The first-order valence-electron chi connectivity index (χ1n) is 10.0. The van der Waals surface area contributed by atoms with Crippen LogP contribution in [0.5, 0.6) is 11.5 Å². The zero-order chi connectivity index (χ0) is 20.4. The molecule has 2 atom stereocenters. The third-order valence-corrected chi connectivity index (χ3v) is 5.61. The van der Waals surface area contributed by atoms with Crippen LogP contribution in [0.3, 0.4) is 0 Å². The van der Waals surface area contributed by atoms with E-state index in [4.69, 9.17) is 4.74 Å². The van der Waals surface area contributed by atoms with Crippen molar-refractivity contribution in [3.63, 3.8) is 0 Å². The van der Waals surface area contributed by atoms with Crippen molar-refractivity contribution in [2.24, 2.45) is 11.8 Å². The average molecular weight is 392 g/mol. The van der Waals surface area contributed by atoms with Crippen molar-refractivity contribution in [3.8, 4) is 11.5 Å². The molecule has 0 bridgehead atoms. The van der Waals surface area contributed by atoms with E-state index in [1.807, 2.05) is 37.3 Å². The Morgan fingerprint density at radius 1 is 1.03 bits per heavy atom. The summed E-state index contributed by atoms with van der Waals surface area (Å²) >= 11 is 0. The van der Waals surface area contributed by atoms with E-state index in [1.165, 1.54) is 0 Å².